The van der Waals surface area contributed by atoms with Crippen LogP contribution in [0.25, 0.3) is 10.9 Å². The largest absolute Gasteiger partial charge is 0.381 e. The Morgan fingerprint density at radius 1 is 1.23 bits per heavy atom. The van der Waals surface area contributed by atoms with Gasteiger partial charge >= 0.3 is 5.69 Å². The van der Waals surface area contributed by atoms with Crippen molar-refractivity contribution in [1.29, 1.82) is 0 Å². The van der Waals surface area contributed by atoms with E-state index in [4.69, 9.17) is 11.6 Å². The van der Waals surface area contributed by atoms with Crippen molar-refractivity contribution in [2.75, 3.05) is 24.2 Å². The van der Waals surface area contributed by atoms with E-state index in [9.17, 15) is 9.59 Å². The van der Waals surface area contributed by atoms with Crippen LogP contribution in [-0.4, -0.2) is 34.4 Å². The third kappa shape index (κ3) is 5.03. The van der Waals surface area contributed by atoms with E-state index in [1.165, 1.54) is 4.57 Å². The number of aromatic amines is 1. The molecule has 3 N–H and O–H groups in total. The number of halogens is 2. The minimum atomic E-state index is -0.430. The Morgan fingerprint density at radius 2 is 2.00 bits per heavy atom. The average Bonchev–Trinajstić information content (AvgIpc) is 2.75. The van der Waals surface area contributed by atoms with Gasteiger partial charge in [-0.2, -0.15) is 0 Å². The van der Waals surface area contributed by atoms with Gasteiger partial charge in [-0.05, 0) is 83.5 Å². The van der Waals surface area contributed by atoms with Gasteiger partial charge in [0.25, 0.3) is 5.56 Å². The highest BCUT2D eigenvalue weighted by Crippen LogP contribution is 2.28. The number of hydrogen-bond donors (Lipinski definition) is 3. The summed E-state index contributed by atoms with van der Waals surface area (Å²) in [5.41, 5.74) is 1.51. The van der Waals surface area contributed by atoms with Crippen LogP contribution < -0.4 is 21.9 Å². The van der Waals surface area contributed by atoms with Crippen molar-refractivity contribution in [2.45, 2.75) is 37.2 Å². The van der Waals surface area contributed by atoms with Gasteiger partial charge in [-0.3, -0.25) is 9.36 Å². The van der Waals surface area contributed by atoms with E-state index in [-0.39, 0.29) is 12.1 Å². The summed E-state index contributed by atoms with van der Waals surface area (Å²) in [4.78, 5) is 29.9. The van der Waals surface area contributed by atoms with E-state index in [0.717, 1.165) is 52.3 Å². The smallest absolute Gasteiger partial charge is 0.329 e. The molecule has 1 aliphatic heterocycles. The maximum Gasteiger partial charge on any atom is 0.329 e. The van der Waals surface area contributed by atoms with Crippen LogP contribution in [0.2, 0.25) is 5.02 Å². The number of nitrogens with zero attached hydrogens (tertiary/aromatic N) is 1. The monoisotopic (exact) mass is 522 g/mol. The molecule has 1 aliphatic rings. The summed E-state index contributed by atoms with van der Waals surface area (Å²) in [7, 11) is 0. The Labute approximate surface area is 197 Å². The topological polar surface area (TPSA) is 78.9 Å². The van der Waals surface area contributed by atoms with Crippen molar-refractivity contribution < 1.29 is 0 Å². The lowest BCUT2D eigenvalue weighted by Gasteiger charge is -2.25. The molecular formula is C22H24BrClN4O2S. The van der Waals surface area contributed by atoms with Crippen molar-refractivity contribution in [3.63, 3.8) is 0 Å². The fraction of sp³-hybridized carbons (Fsp3) is 0.364. The van der Waals surface area contributed by atoms with Gasteiger partial charge < -0.3 is 15.6 Å². The van der Waals surface area contributed by atoms with Crippen molar-refractivity contribution >= 4 is 55.9 Å². The van der Waals surface area contributed by atoms with Crippen LogP contribution in [0.1, 0.15) is 25.3 Å². The molecule has 2 aromatic carbocycles. The van der Waals surface area contributed by atoms with Crippen LogP contribution in [0.5, 0.6) is 0 Å². The average molecular weight is 524 g/mol. The van der Waals surface area contributed by atoms with Gasteiger partial charge in [-0.15, -0.1) is 11.8 Å². The standard InChI is InChI=1S/C22H24BrClN4O2S/c1-2-31-20-4-3-14(24)9-13(20)12-28-21(29)16-10-17(23)19(11-18(16)27-22(28)30)26-15-5-7-25-8-6-15/h3-4,9-11,15,25-26H,2,5-8,12H2,1H3,(H,27,30). The maximum absolute atomic E-state index is 13.2. The Morgan fingerprint density at radius 3 is 2.74 bits per heavy atom. The number of H-pyrrole nitrogens is 1. The van der Waals surface area contributed by atoms with Gasteiger partial charge in [0.05, 0.1) is 23.1 Å². The van der Waals surface area contributed by atoms with E-state index in [2.05, 4.69) is 38.5 Å². The van der Waals surface area contributed by atoms with Crippen LogP contribution in [0.3, 0.4) is 0 Å². The fourth-order valence-electron chi connectivity index (χ4n) is 3.85. The van der Waals surface area contributed by atoms with E-state index in [1.54, 1.807) is 17.8 Å². The number of thioether (sulfide) groups is 1. The molecule has 0 aliphatic carbocycles. The van der Waals surface area contributed by atoms with Crippen LogP contribution in [0, 0.1) is 0 Å². The SMILES string of the molecule is CCSc1ccc(Cl)cc1Cn1c(=O)[nH]c2cc(NC3CCNCC3)c(Br)cc2c1=O. The quantitative estimate of drug-likeness (QED) is 0.417. The first-order chi connectivity index (χ1) is 15.0. The van der Waals surface area contributed by atoms with Crippen molar-refractivity contribution in [1.82, 2.24) is 14.9 Å². The van der Waals surface area contributed by atoms with Crippen molar-refractivity contribution in [2.24, 2.45) is 0 Å². The van der Waals surface area contributed by atoms with Crippen LogP contribution in [0.15, 0.2) is 49.3 Å². The van der Waals surface area contributed by atoms with E-state index < -0.39 is 5.69 Å². The molecule has 0 atom stereocenters. The molecule has 2 heterocycles. The summed E-state index contributed by atoms with van der Waals surface area (Å²) in [6.07, 6.45) is 2.06. The molecule has 0 radical (unpaired) electrons. The van der Waals surface area contributed by atoms with Gasteiger partial charge in [0.15, 0.2) is 0 Å². The zero-order chi connectivity index (χ0) is 22.0. The Balaban J connectivity index is 1.72. The Hall–Kier alpha value is -1.74. The van der Waals surface area contributed by atoms with E-state index >= 15 is 0 Å². The van der Waals surface area contributed by atoms with Crippen LogP contribution in [-0.2, 0) is 6.54 Å². The van der Waals surface area contributed by atoms with Gasteiger partial charge in [-0.1, -0.05) is 18.5 Å². The van der Waals surface area contributed by atoms with Crippen LogP contribution in [0.4, 0.5) is 5.69 Å². The van der Waals surface area contributed by atoms with Crippen molar-refractivity contribution in [3.05, 3.63) is 66.2 Å². The lowest BCUT2D eigenvalue weighted by Crippen LogP contribution is -2.36. The molecule has 6 nitrogen and oxygen atoms in total. The minimum absolute atomic E-state index is 0.166. The summed E-state index contributed by atoms with van der Waals surface area (Å²) < 4.78 is 2.04. The van der Waals surface area contributed by atoms with E-state index in [1.807, 2.05) is 24.3 Å². The normalized spacial score (nSPS) is 14.8. The number of piperidine rings is 1. The van der Waals surface area contributed by atoms with E-state index in [0.29, 0.717) is 22.0 Å². The molecule has 31 heavy (non-hydrogen) atoms. The summed E-state index contributed by atoms with van der Waals surface area (Å²) in [6, 6.07) is 9.56. The molecule has 4 rings (SSSR count). The highest BCUT2D eigenvalue weighted by atomic mass is 79.9. The Bertz CT molecular complexity index is 1220. The second kappa shape index (κ2) is 9.81. The number of aromatic nitrogens is 2. The van der Waals surface area contributed by atoms with Gasteiger partial charge in [-0.25, -0.2) is 4.79 Å². The lowest BCUT2D eigenvalue weighted by molar-refractivity contribution is 0.479. The molecule has 1 saturated heterocycles. The zero-order valence-corrected chi connectivity index (χ0v) is 20.3. The zero-order valence-electron chi connectivity index (χ0n) is 17.1. The number of hydrogen-bond acceptors (Lipinski definition) is 5. The predicted octanol–water partition coefficient (Wildman–Crippen LogP) is 4.43. The molecule has 0 saturated carbocycles. The molecule has 1 aromatic heterocycles. The summed E-state index contributed by atoms with van der Waals surface area (Å²) in [6.45, 7) is 4.18. The van der Waals surface area contributed by atoms with Gasteiger partial charge in [0.1, 0.15) is 0 Å². The summed E-state index contributed by atoms with van der Waals surface area (Å²) in [5.74, 6) is 0.886. The molecule has 0 spiro atoms. The lowest BCUT2D eigenvalue weighted by atomic mass is 10.1. The number of anilines is 1. The molecular weight excluding hydrogens is 500 g/mol. The summed E-state index contributed by atoms with van der Waals surface area (Å²) >= 11 is 11.4. The van der Waals surface area contributed by atoms with Gasteiger partial charge in [0.2, 0.25) is 0 Å². The molecule has 0 amide bonds. The minimum Gasteiger partial charge on any atom is -0.381 e. The second-order valence-electron chi connectivity index (χ2n) is 7.55. The van der Waals surface area contributed by atoms with Gasteiger partial charge in [0, 0.05) is 20.4 Å². The first kappa shape index (κ1) is 22.5. The third-order valence-electron chi connectivity index (χ3n) is 5.42. The third-order valence-corrected chi connectivity index (χ3v) is 7.31. The molecule has 3 aromatic rings. The number of nitrogens with one attached hydrogen (secondary N) is 3. The summed E-state index contributed by atoms with van der Waals surface area (Å²) in [5, 5.41) is 7.92. The second-order valence-corrected chi connectivity index (χ2v) is 10.1. The highest BCUT2D eigenvalue weighted by Gasteiger charge is 2.17. The number of benzene rings is 2. The Kier molecular flexibility index (Phi) is 7.11. The molecule has 1 fully saturated rings. The highest BCUT2D eigenvalue weighted by molar-refractivity contribution is 9.10. The molecule has 164 valence electrons. The number of fused-ring (bicyclic) bond motifs is 1. The maximum atomic E-state index is 13.2. The predicted molar refractivity (Wildman–Crippen MR) is 133 cm³/mol. The first-order valence-electron chi connectivity index (χ1n) is 10.3. The first-order valence-corrected chi connectivity index (χ1v) is 12.5. The molecule has 0 bridgehead atoms. The van der Waals surface area contributed by atoms with Crippen LogP contribution >= 0.6 is 39.3 Å². The van der Waals surface area contributed by atoms with Crippen molar-refractivity contribution in [3.8, 4) is 0 Å². The molecule has 9 heteroatoms. The fourth-order valence-corrected chi connectivity index (χ4v) is 5.29. The molecule has 0 unspecified atom stereocenters. The number of rotatable bonds is 6.